The van der Waals surface area contributed by atoms with Gasteiger partial charge in [-0.05, 0) is 50.2 Å². The van der Waals surface area contributed by atoms with Crippen LogP contribution in [0.2, 0.25) is 0 Å². The Kier molecular flexibility index (Phi) is 6.46. The molecule has 170 valence electrons. The summed E-state index contributed by atoms with van der Waals surface area (Å²) in [5, 5.41) is 8.96. The van der Waals surface area contributed by atoms with Crippen LogP contribution in [0.4, 0.5) is 17.2 Å². The van der Waals surface area contributed by atoms with Gasteiger partial charge in [0.2, 0.25) is 5.16 Å². The zero-order chi connectivity index (χ0) is 22.6. The molecule has 7 nitrogen and oxygen atoms in total. The van der Waals surface area contributed by atoms with Crippen LogP contribution in [0.25, 0.3) is 5.78 Å². The number of benzene rings is 2. The summed E-state index contributed by atoms with van der Waals surface area (Å²) in [5.41, 5.74) is 4.52. The molecule has 1 aliphatic rings. The number of anilines is 3. The Hall–Kier alpha value is -3.10. The summed E-state index contributed by atoms with van der Waals surface area (Å²) in [5.74, 6) is 2.41. The Balaban J connectivity index is 1.28. The Morgan fingerprint density at radius 1 is 0.939 bits per heavy atom. The van der Waals surface area contributed by atoms with Crippen LogP contribution < -0.4 is 10.2 Å². The fourth-order valence-electron chi connectivity index (χ4n) is 3.99. The van der Waals surface area contributed by atoms with Crippen molar-refractivity contribution in [3.8, 4) is 0 Å². The lowest BCUT2D eigenvalue weighted by molar-refractivity contribution is 0.313. The molecule has 0 spiro atoms. The van der Waals surface area contributed by atoms with Crippen LogP contribution in [0.15, 0.2) is 65.8 Å². The third kappa shape index (κ3) is 5.29. The first kappa shape index (κ1) is 21.7. The number of thioether (sulfide) groups is 1. The van der Waals surface area contributed by atoms with E-state index in [2.05, 4.69) is 80.7 Å². The molecule has 0 amide bonds. The molecule has 33 heavy (non-hydrogen) atoms. The monoisotopic (exact) mass is 459 g/mol. The van der Waals surface area contributed by atoms with Gasteiger partial charge < -0.3 is 15.1 Å². The average Bonchev–Trinajstić information content (AvgIpc) is 3.24. The lowest BCUT2D eigenvalue weighted by Gasteiger charge is -2.34. The second-order valence-corrected chi connectivity index (χ2v) is 9.50. The van der Waals surface area contributed by atoms with E-state index in [-0.39, 0.29) is 0 Å². The molecule has 4 aromatic rings. The minimum absolute atomic E-state index is 0.619. The highest BCUT2D eigenvalue weighted by atomic mass is 32.2. The van der Waals surface area contributed by atoms with Crippen molar-refractivity contribution in [1.82, 2.24) is 24.5 Å². The van der Waals surface area contributed by atoms with Gasteiger partial charge in [0.05, 0.1) is 0 Å². The zero-order valence-corrected chi connectivity index (χ0v) is 19.9. The molecule has 0 unspecified atom stereocenters. The molecule has 0 bridgehead atoms. The van der Waals surface area contributed by atoms with E-state index in [0.29, 0.717) is 5.78 Å². The van der Waals surface area contributed by atoms with Crippen LogP contribution in [0.1, 0.15) is 11.3 Å². The molecule has 0 atom stereocenters. The summed E-state index contributed by atoms with van der Waals surface area (Å²) < 4.78 is 1.80. The van der Waals surface area contributed by atoms with Crippen molar-refractivity contribution >= 4 is 34.7 Å². The average molecular weight is 460 g/mol. The highest BCUT2D eigenvalue weighted by molar-refractivity contribution is 7.99. The van der Waals surface area contributed by atoms with Crippen molar-refractivity contribution in [3.63, 3.8) is 0 Å². The van der Waals surface area contributed by atoms with E-state index in [1.807, 2.05) is 19.1 Å². The van der Waals surface area contributed by atoms with Gasteiger partial charge in [0.1, 0.15) is 5.82 Å². The van der Waals surface area contributed by atoms with Gasteiger partial charge in [-0.2, -0.15) is 9.50 Å². The Morgan fingerprint density at radius 3 is 2.45 bits per heavy atom. The number of nitrogens with one attached hydrogen (secondary N) is 1. The first-order chi connectivity index (χ1) is 16.1. The van der Waals surface area contributed by atoms with Crippen molar-refractivity contribution in [1.29, 1.82) is 0 Å². The van der Waals surface area contributed by atoms with Crippen LogP contribution in [0, 0.1) is 6.92 Å². The van der Waals surface area contributed by atoms with Gasteiger partial charge in [-0.1, -0.05) is 42.1 Å². The molecule has 2 aromatic heterocycles. The smallest absolute Gasteiger partial charge is 0.255 e. The predicted molar refractivity (Wildman–Crippen MR) is 136 cm³/mol. The Bertz CT molecular complexity index is 1200. The van der Waals surface area contributed by atoms with Crippen molar-refractivity contribution in [2.24, 2.45) is 0 Å². The molecular weight excluding hydrogens is 430 g/mol. The van der Waals surface area contributed by atoms with Crippen molar-refractivity contribution in [2.75, 3.05) is 49.2 Å². The number of piperazine rings is 1. The van der Waals surface area contributed by atoms with Crippen LogP contribution in [0.3, 0.4) is 0 Å². The maximum atomic E-state index is 4.71. The van der Waals surface area contributed by atoms with E-state index < -0.39 is 0 Å². The maximum Gasteiger partial charge on any atom is 0.255 e. The molecule has 1 aliphatic heterocycles. The Labute approximate surface area is 198 Å². The second-order valence-electron chi connectivity index (χ2n) is 8.44. The summed E-state index contributed by atoms with van der Waals surface area (Å²) in [6.07, 6.45) is 0.984. The molecule has 1 N–H and O–H groups in total. The van der Waals surface area contributed by atoms with Gasteiger partial charge in [-0.25, -0.2) is 4.98 Å². The molecule has 1 fully saturated rings. The van der Waals surface area contributed by atoms with Crippen molar-refractivity contribution in [2.45, 2.75) is 18.5 Å². The van der Waals surface area contributed by atoms with Crippen molar-refractivity contribution < 1.29 is 0 Å². The number of aryl methyl sites for hydroxylation is 2. The zero-order valence-electron chi connectivity index (χ0n) is 19.1. The third-order valence-corrected chi connectivity index (χ3v) is 6.73. The molecule has 3 heterocycles. The number of hydrogen-bond donors (Lipinski definition) is 1. The summed E-state index contributed by atoms with van der Waals surface area (Å²) in [6.45, 7) is 6.32. The van der Waals surface area contributed by atoms with E-state index in [9.17, 15) is 0 Å². The van der Waals surface area contributed by atoms with Gasteiger partial charge >= 0.3 is 0 Å². The van der Waals surface area contributed by atoms with E-state index in [0.717, 1.165) is 60.7 Å². The number of aromatic nitrogens is 4. The first-order valence-corrected chi connectivity index (χ1v) is 12.3. The number of hydrogen-bond acceptors (Lipinski definition) is 7. The lowest BCUT2D eigenvalue weighted by Crippen LogP contribution is -2.44. The standard InChI is InChI=1S/C25H29N7S/c1-19-18-23(27-21-8-10-22(11-9-21)31-15-13-30(2)14-16-31)32-24(26-19)28-25(29-32)33-17-12-20-6-4-3-5-7-20/h3-11,18,27H,12-17H2,1-2H3. The molecular formula is C25H29N7S. The van der Waals surface area contributed by atoms with Gasteiger partial charge in [0.15, 0.2) is 0 Å². The molecule has 2 aromatic carbocycles. The highest BCUT2D eigenvalue weighted by Crippen LogP contribution is 2.24. The topological polar surface area (TPSA) is 61.6 Å². The Morgan fingerprint density at radius 2 is 1.70 bits per heavy atom. The predicted octanol–water partition coefficient (Wildman–Crippen LogP) is 4.26. The first-order valence-electron chi connectivity index (χ1n) is 11.4. The lowest BCUT2D eigenvalue weighted by atomic mass is 10.2. The quantitative estimate of drug-likeness (QED) is 0.414. The molecule has 0 aliphatic carbocycles. The van der Waals surface area contributed by atoms with E-state index in [1.54, 1.807) is 16.3 Å². The minimum atomic E-state index is 0.619. The fourth-order valence-corrected chi connectivity index (χ4v) is 4.80. The highest BCUT2D eigenvalue weighted by Gasteiger charge is 2.15. The van der Waals surface area contributed by atoms with E-state index in [1.165, 1.54) is 11.3 Å². The summed E-state index contributed by atoms with van der Waals surface area (Å²) in [7, 11) is 2.18. The molecule has 5 rings (SSSR count). The van der Waals surface area contributed by atoms with Crippen LogP contribution >= 0.6 is 11.8 Å². The molecule has 1 saturated heterocycles. The molecule has 8 heteroatoms. The van der Waals surface area contributed by atoms with E-state index >= 15 is 0 Å². The summed E-state index contributed by atoms with van der Waals surface area (Å²) in [6, 6.07) is 21.1. The summed E-state index contributed by atoms with van der Waals surface area (Å²) >= 11 is 1.66. The number of nitrogens with zero attached hydrogens (tertiary/aromatic N) is 6. The fraction of sp³-hybridized carbons (Fsp3) is 0.320. The summed E-state index contributed by atoms with van der Waals surface area (Å²) in [4.78, 5) is 14.0. The number of likely N-dealkylation sites (N-methyl/N-ethyl adjacent to an activating group) is 1. The van der Waals surface area contributed by atoms with Crippen molar-refractivity contribution in [3.05, 3.63) is 71.9 Å². The van der Waals surface area contributed by atoms with Gasteiger partial charge in [0.25, 0.3) is 5.78 Å². The minimum Gasteiger partial charge on any atom is -0.369 e. The maximum absolute atomic E-state index is 4.71. The number of fused-ring (bicyclic) bond motifs is 1. The van der Waals surface area contributed by atoms with Gasteiger partial charge in [-0.3, -0.25) is 0 Å². The van der Waals surface area contributed by atoms with Gasteiger partial charge in [0, 0.05) is 55.1 Å². The third-order valence-electron chi connectivity index (χ3n) is 5.89. The number of rotatable bonds is 7. The normalized spacial score (nSPS) is 14.7. The van der Waals surface area contributed by atoms with E-state index in [4.69, 9.17) is 5.10 Å². The SMILES string of the molecule is Cc1cc(Nc2ccc(N3CCN(C)CC3)cc2)n2nc(SCCc3ccccc3)nc2n1. The largest absolute Gasteiger partial charge is 0.369 e. The molecule has 0 radical (unpaired) electrons. The van der Waals surface area contributed by atoms with Crippen LogP contribution in [-0.2, 0) is 6.42 Å². The van der Waals surface area contributed by atoms with Crippen LogP contribution in [-0.4, -0.2) is 63.5 Å². The second kappa shape index (κ2) is 9.80. The van der Waals surface area contributed by atoms with Gasteiger partial charge in [-0.15, -0.1) is 5.10 Å². The molecule has 0 saturated carbocycles. The van der Waals surface area contributed by atoms with Crippen LogP contribution in [0.5, 0.6) is 0 Å².